The van der Waals surface area contributed by atoms with Gasteiger partial charge in [0.2, 0.25) is 0 Å². The molecule has 3 aromatic carbocycles. The average Bonchev–Trinajstić information content (AvgIpc) is 3.40. The molecule has 1 saturated heterocycles. The molecule has 5 rings (SSSR count). The Morgan fingerprint density at radius 3 is 2.55 bits per heavy atom. The number of aromatic nitrogens is 2. The SMILES string of the molecule is Cc1cn(-c2cc(CN3CCC[C@H](NC(=O)OC(C)(C)C)C3)cc(NC(=O)c3ccc(C)c(Oc4ccccc4)c3)c2)cn1. The first-order valence-corrected chi connectivity index (χ1v) is 15.0. The molecule has 0 radical (unpaired) electrons. The number of amides is 2. The van der Waals surface area contributed by atoms with Crippen LogP contribution in [0, 0.1) is 13.8 Å². The number of hydrogen-bond donors (Lipinski definition) is 2. The van der Waals surface area contributed by atoms with Crippen LogP contribution in [0.25, 0.3) is 5.69 Å². The normalized spacial score (nSPS) is 15.4. The fraction of sp³-hybridized carbons (Fsp3) is 0.343. The molecule has 0 unspecified atom stereocenters. The fourth-order valence-corrected chi connectivity index (χ4v) is 5.27. The predicted octanol–water partition coefficient (Wildman–Crippen LogP) is 7.02. The summed E-state index contributed by atoms with van der Waals surface area (Å²) in [6.07, 6.45) is 5.21. The number of nitrogens with one attached hydrogen (secondary N) is 2. The third-order valence-electron chi connectivity index (χ3n) is 7.30. The molecule has 1 fully saturated rings. The van der Waals surface area contributed by atoms with E-state index in [4.69, 9.17) is 9.47 Å². The molecule has 1 aromatic heterocycles. The van der Waals surface area contributed by atoms with Gasteiger partial charge in [0, 0.05) is 42.3 Å². The minimum Gasteiger partial charge on any atom is -0.457 e. The van der Waals surface area contributed by atoms with Crippen LogP contribution in [0.3, 0.4) is 0 Å². The molecule has 9 heteroatoms. The summed E-state index contributed by atoms with van der Waals surface area (Å²) < 4.78 is 13.5. The molecule has 0 bridgehead atoms. The third kappa shape index (κ3) is 8.48. The topological polar surface area (TPSA) is 97.7 Å². The van der Waals surface area contributed by atoms with Crippen molar-refractivity contribution in [1.82, 2.24) is 19.8 Å². The largest absolute Gasteiger partial charge is 0.457 e. The number of hydrogen-bond acceptors (Lipinski definition) is 6. The molecule has 0 aliphatic carbocycles. The number of imidazole rings is 1. The van der Waals surface area contributed by atoms with E-state index in [0.29, 0.717) is 35.8 Å². The summed E-state index contributed by atoms with van der Waals surface area (Å²) in [6.45, 7) is 11.8. The van der Waals surface area contributed by atoms with E-state index in [1.54, 1.807) is 18.5 Å². The Labute approximate surface area is 259 Å². The van der Waals surface area contributed by atoms with Crippen LogP contribution in [0.4, 0.5) is 10.5 Å². The quantitative estimate of drug-likeness (QED) is 0.227. The van der Waals surface area contributed by atoms with E-state index in [1.807, 2.05) is 93.9 Å². The second kappa shape index (κ2) is 13.3. The molecule has 2 N–H and O–H groups in total. The van der Waals surface area contributed by atoms with Crippen LogP contribution in [0.2, 0.25) is 0 Å². The highest BCUT2D eigenvalue weighted by Gasteiger charge is 2.24. The molecule has 0 saturated carbocycles. The van der Waals surface area contributed by atoms with Gasteiger partial charge in [-0.15, -0.1) is 0 Å². The van der Waals surface area contributed by atoms with Gasteiger partial charge in [-0.05, 0) is 108 Å². The van der Waals surface area contributed by atoms with Gasteiger partial charge < -0.3 is 24.7 Å². The number of para-hydroxylation sites is 1. The van der Waals surface area contributed by atoms with Crippen LogP contribution in [0.1, 0.15) is 60.8 Å². The lowest BCUT2D eigenvalue weighted by Gasteiger charge is -2.33. The molecule has 1 atom stereocenters. The minimum absolute atomic E-state index is 0.00564. The minimum atomic E-state index is -0.541. The first-order chi connectivity index (χ1) is 21.0. The number of nitrogens with zero attached hydrogens (tertiary/aromatic N) is 3. The Hall–Kier alpha value is -4.63. The van der Waals surface area contributed by atoms with Crippen LogP contribution < -0.4 is 15.4 Å². The summed E-state index contributed by atoms with van der Waals surface area (Å²) in [5.41, 5.74) is 4.42. The molecule has 44 heavy (non-hydrogen) atoms. The monoisotopic (exact) mass is 595 g/mol. The highest BCUT2D eigenvalue weighted by Crippen LogP contribution is 2.27. The fourth-order valence-electron chi connectivity index (χ4n) is 5.27. The van der Waals surface area contributed by atoms with E-state index in [-0.39, 0.29) is 18.0 Å². The van der Waals surface area contributed by atoms with E-state index in [0.717, 1.165) is 41.9 Å². The second-order valence-electron chi connectivity index (χ2n) is 12.4. The number of likely N-dealkylation sites (tertiary alicyclic amines) is 1. The Morgan fingerprint density at radius 1 is 1.02 bits per heavy atom. The van der Waals surface area contributed by atoms with Gasteiger partial charge in [-0.1, -0.05) is 24.3 Å². The first-order valence-electron chi connectivity index (χ1n) is 15.0. The maximum atomic E-state index is 13.5. The predicted molar refractivity (Wildman–Crippen MR) is 172 cm³/mol. The number of anilines is 1. The van der Waals surface area contributed by atoms with E-state index in [1.165, 1.54) is 0 Å². The zero-order valence-corrected chi connectivity index (χ0v) is 26.1. The number of benzene rings is 3. The lowest BCUT2D eigenvalue weighted by Crippen LogP contribution is -2.48. The average molecular weight is 596 g/mol. The van der Waals surface area contributed by atoms with Crippen molar-refractivity contribution in [3.63, 3.8) is 0 Å². The second-order valence-corrected chi connectivity index (χ2v) is 12.4. The van der Waals surface area contributed by atoms with Gasteiger partial charge in [0.15, 0.2) is 0 Å². The van der Waals surface area contributed by atoms with Crippen molar-refractivity contribution in [1.29, 1.82) is 0 Å². The number of aryl methyl sites for hydroxylation is 2. The summed E-state index contributed by atoms with van der Waals surface area (Å²) in [7, 11) is 0. The zero-order chi connectivity index (χ0) is 31.3. The summed E-state index contributed by atoms with van der Waals surface area (Å²) in [5.74, 6) is 1.11. The number of piperidine rings is 1. The van der Waals surface area contributed by atoms with Gasteiger partial charge in [0.1, 0.15) is 17.1 Å². The molecular weight excluding hydrogens is 554 g/mol. The summed E-state index contributed by atoms with van der Waals surface area (Å²) in [6, 6.07) is 21.1. The van der Waals surface area contributed by atoms with Crippen molar-refractivity contribution in [3.8, 4) is 17.2 Å². The van der Waals surface area contributed by atoms with Gasteiger partial charge >= 0.3 is 6.09 Å². The third-order valence-corrected chi connectivity index (χ3v) is 7.30. The Morgan fingerprint density at radius 2 is 1.82 bits per heavy atom. The van der Waals surface area contributed by atoms with Crippen molar-refractivity contribution in [2.24, 2.45) is 0 Å². The van der Waals surface area contributed by atoms with Crippen molar-refractivity contribution in [2.45, 2.75) is 65.6 Å². The molecule has 2 amide bonds. The zero-order valence-electron chi connectivity index (χ0n) is 26.1. The van der Waals surface area contributed by atoms with Crippen molar-refractivity contribution < 1.29 is 19.1 Å². The molecule has 1 aliphatic rings. The number of carbonyl (C=O) groups excluding carboxylic acids is 2. The highest BCUT2D eigenvalue weighted by molar-refractivity contribution is 6.04. The Bertz CT molecular complexity index is 1610. The molecule has 9 nitrogen and oxygen atoms in total. The number of ether oxygens (including phenoxy) is 2. The Balaban J connectivity index is 1.33. The van der Waals surface area contributed by atoms with Crippen molar-refractivity contribution in [3.05, 3.63) is 102 Å². The summed E-state index contributed by atoms with van der Waals surface area (Å²) in [5, 5.41) is 6.13. The molecule has 1 aliphatic heterocycles. The van der Waals surface area contributed by atoms with E-state index >= 15 is 0 Å². The summed E-state index contributed by atoms with van der Waals surface area (Å²) >= 11 is 0. The molecule has 4 aromatic rings. The standard InChI is InChI=1S/C35H41N5O4/c1-24-13-14-27(18-32(24)43-31-11-7-6-8-12-31)33(41)37-29-16-26(17-30(19-29)40-20-25(2)36-23-40)21-39-15-9-10-28(22-39)38-34(42)44-35(3,4)5/h6-8,11-14,16-20,23,28H,9-10,15,21-22H2,1-5H3,(H,37,41)(H,38,42)/t28-/m0/s1. The van der Waals surface area contributed by atoms with Crippen LogP contribution in [-0.2, 0) is 11.3 Å². The van der Waals surface area contributed by atoms with Crippen LogP contribution in [-0.4, -0.2) is 51.2 Å². The lowest BCUT2D eigenvalue weighted by molar-refractivity contribution is 0.0470. The highest BCUT2D eigenvalue weighted by atomic mass is 16.6. The smallest absolute Gasteiger partial charge is 0.407 e. The van der Waals surface area contributed by atoms with Gasteiger partial charge in [-0.3, -0.25) is 9.69 Å². The molecular formula is C35H41N5O4. The van der Waals surface area contributed by atoms with E-state index < -0.39 is 5.60 Å². The van der Waals surface area contributed by atoms with E-state index in [2.05, 4.69) is 26.6 Å². The van der Waals surface area contributed by atoms with Gasteiger partial charge in [-0.2, -0.15) is 0 Å². The summed E-state index contributed by atoms with van der Waals surface area (Å²) in [4.78, 5) is 32.6. The van der Waals surface area contributed by atoms with Crippen LogP contribution in [0.5, 0.6) is 11.5 Å². The van der Waals surface area contributed by atoms with Crippen LogP contribution >= 0.6 is 0 Å². The molecule has 0 spiro atoms. The maximum Gasteiger partial charge on any atom is 0.407 e. The van der Waals surface area contributed by atoms with Gasteiger partial charge in [0.25, 0.3) is 5.91 Å². The van der Waals surface area contributed by atoms with Crippen molar-refractivity contribution in [2.75, 3.05) is 18.4 Å². The number of carbonyl (C=O) groups is 2. The van der Waals surface area contributed by atoms with Gasteiger partial charge in [-0.25, -0.2) is 9.78 Å². The first kappa shape index (κ1) is 30.8. The Kier molecular flexibility index (Phi) is 9.35. The van der Waals surface area contributed by atoms with E-state index in [9.17, 15) is 9.59 Å². The maximum absolute atomic E-state index is 13.5. The number of rotatable bonds is 8. The molecule has 230 valence electrons. The van der Waals surface area contributed by atoms with Gasteiger partial charge in [0.05, 0.1) is 12.0 Å². The van der Waals surface area contributed by atoms with Crippen molar-refractivity contribution >= 4 is 17.7 Å². The molecule has 2 heterocycles. The van der Waals surface area contributed by atoms with Crippen LogP contribution in [0.15, 0.2) is 79.3 Å². The lowest BCUT2D eigenvalue weighted by atomic mass is 10.0. The number of alkyl carbamates (subject to hydrolysis) is 1.